The van der Waals surface area contributed by atoms with Gasteiger partial charge in [0.1, 0.15) is 0 Å². The molecule has 2 heterocycles. The molecule has 136 valence electrons. The van der Waals surface area contributed by atoms with Crippen molar-refractivity contribution < 1.29 is 9.84 Å². The van der Waals surface area contributed by atoms with Crippen LogP contribution < -0.4 is 10.6 Å². The van der Waals surface area contributed by atoms with Crippen molar-refractivity contribution in [3.63, 3.8) is 0 Å². The second-order valence-corrected chi connectivity index (χ2v) is 7.82. The smallest absolute Gasteiger partial charge is 0.191 e. The molecule has 0 aliphatic carbocycles. The first-order valence-corrected chi connectivity index (χ1v) is 9.40. The normalized spacial score (nSPS) is 19.1. The van der Waals surface area contributed by atoms with Crippen LogP contribution in [0.25, 0.3) is 0 Å². The molecule has 1 aliphatic rings. The number of aliphatic imine (C=N–C) groups is 1. The van der Waals surface area contributed by atoms with Crippen molar-refractivity contribution in [3.05, 3.63) is 21.9 Å². The minimum Gasteiger partial charge on any atom is -0.387 e. The van der Waals surface area contributed by atoms with E-state index < -0.39 is 5.60 Å². The van der Waals surface area contributed by atoms with Crippen LogP contribution in [0.1, 0.15) is 23.6 Å². The molecule has 1 aromatic rings. The third-order valence-corrected chi connectivity index (χ3v) is 4.82. The maximum Gasteiger partial charge on any atom is 0.191 e. The summed E-state index contributed by atoms with van der Waals surface area (Å²) in [6.07, 6.45) is 0. The molecule has 1 fully saturated rings. The van der Waals surface area contributed by atoms with Crippen LogP contribution in [0.4, 0.5) is 0 Å². The molecule has 0 aromatic carbocycles. The Hall–Kier alpha value is -1.15. The molecule has 0 saturated carbocycles. The Bertz CT molecular complexity index is 524. The SMILES string of the molecule is CCNC(=NCc1ccc(C)s1)NCC(C)(O)CN1CCOCC1. The number of hydrogen-bond acceptors (Lipinski definition) is 5. The lowest BCUT2D eigenvalue weighted by molar-refractivity contribution is -0.0201. The van der Waals surface area contributed by atoms with Crippen LogP contribution >= 0.6 is 11.3 Å². The molecule has 1 unspecified atom stereocenters. The zero-order chi connectivity index (χ0) is 17.4. The van der Waals surface area contributed by atoms with Crippen LogP contribution in [0.5, 0.6) is 0 Å². The molecule has 7 heteroatoms. The van der Waals surface area contributed by atoms with Gasteiger partial charge >= 0.3 is 0 Å². The predicted octanol–water partition coefficient (Wildman–Crippen LogP) is 1.19. The molecule has 0 bridgehead atoms. The highest BCUT2D eigenvalue weighted by Gasteiger charge is 2.25. The summed E-state index contributed by atoms with van der Waals surface area (Å²) in [5.41, 5.74) is -0.812. The number of nitrogens with zero attached hydrogens (tertiary/aromatic N) is 2. The fourth-order valence-electron chi connectivity index (χ4n) is 2.64. The number of ether oxygens (including phenoxy) is 1. The van der Waals surface area contributed by atoms with Crippen LogP contribution in [0, 0.1) is 6.92 Å². The quantitative estimate of drug-likeness (QED) is 0.507. The molecular formula is C17H30N4O2S. The topological polar surface area (TPSA) is 69.1 Å². The number of morpholine rings is 1. The number of aryl methyl sites for hydroxylation is 1. The van der Waals surface area contributed by atoms with Gasteiger partial charge in [-0.3, -0.25) is 4.90 Å². The van der Waals surface area contributed by atoms with E-state index in [-0.39, 0.29) is 0 Å². The van der Waals surface area contributed by atoms with Gasteiger partial charge < -0.3 is 20.5 Å². The molecule has 24 heavy (non-hydrogen) atoms. The van der Waals surface area contributed by atoms with Gasteiger partial charge in [-0.05, 0) is 32.9 Å². The van der Waals surface area contributed by atoms with Crippen molar-refractivity contribution in [2.24, 2.45) is 4.99 Å². The number of hydrogen-bond donors (Lipinski definition) is 3. The summed E-state index contributed by atoms with van der Waals surface area (Å²) in [6, 6.07) is 4.23. The largest absolute Gasteiger partial charge is 0.387 e. The lowest BCUT2D eigenvalue weighted by atomic mass is 10.1. The minimum atomic E-state index is -0.812. The van der Waals surface area contributed by atoms with Gasteiger partial charge in [-0.25, -0.2) is 4.99 Å². The summed E-state index contributed by atoms with van der Waals surface area (Å²) in [7, 11) is 0. The third kappa shape index (κ3) is 6.76. The molecule has 0 spiro atoms. The summed E-state index contributed by atoms with van der Waals surface area (Å²) in [5, 5.41) is 17.1. The van der Waals surface area contributed by atoms with Gasteiger partial charge in [-0.1, -0.05) is 0 Å². The first-order valence-electron chi connectivity index (χ1n) is 8.58. The lowest BCUT2D eigenvalue weighted by Gasteiger charge is -2.34. The maximum atomic E-state index is 10.6. The Morgan fingerprint density at radius 2 is 2.12 bits per heavy atom. The molecular weight excluding hydrogens is 324 g/mol. The van der Waals surface area contributed by atoms with Crippen molar-refractivity contribution in [1.82, 2.24) is 15.5 Å². The van der Waals surface area contributed by atoms with Crippen molar-refractivity contribution in [3.8, 4) is 0 Å². The Balaban J connectivity index is 1.84. The van der Waals surface area contributed by atoms with Gasteiger partial charge in [0.15, 0.2) is 5.96 Å². The highest BCUT2D eigenvalue weighted by molar-refractivity contribution is 7.11. The molecule has 0 amide bonds. The molecule has 6 nitrogen and oxygen atoms in total. The van der Waals surface area contributed by atoms with Gasteiger partial charge in [-0.15, -0.1) is 11.3 Å². The fourth-order valence-corrected chi connectivity index (χ4v) is 3.45. The first-order chi connectivity index (χ1) is 11.5. The molecule has 1 saturated heterocycles. The Labute approximate surface area is 148 Å². The zero-order valence-electron chi connectivity index (χ0n) is 15.0. The van der Waals surface area contributed by atoms with Crippen LogP contribution in [0.15, 0.2) is 17.1 Å². The summed E-state index contributed by atoms with van der Waals surface area (Å²) < 4.78 is 5.35. The number of guanidine groups is 1. The van der Waals surface area contributed by atoms with Gasteiger partial charge in [0, 0.05) is 42.5 Å². The molecule has 1 aromatic heterocycles. The van der Waals surface area contributed by atoms with Crippen molar-refractivity contribution in [1.29, 1.82) is 0 Å². The molecule has 2 rings (SSSR count). The fraction of sp³-hybridized carbons (Fsp3) is 0.706. The van der Waals surface area contributed by atoms with Crippen LogP contribution in [0.2, 0.25) is 0 Å². The number of thiophene rings is 1. The van der Waals surface area contributed by atoms with E-state index in [2.05, 4.69) is 39.6 Å². The highest BCUT2D eigenvalue weighted by atomic mass is 32.1. The van der Waals surface area contributed by atoms with Crippen LogP contribution in [-0.4, -0.2) is 67.5 Å². The Morgan fingerprint density at radius 1 is 1.38 bits per heavy atom. The lowest BCUT2D eigenvalue weighted by Crippen LogP contribution is -2.52. The molecule has 1 atom stereocenters. The molecule has 3 N–H and O–H groups in total. The van der Waals surface area contributed by atoms with Crippen molar-refractivity contribution in [2.75, 3.05) is 45.9 Å². The average Bonchev–Trinajstić information content (AvgIpc) is 2.96. The van der Waals surface area contributed by atoms with Gasteiger partial charge in [0.2, 0.25) is 0 Å². The predicted molar refractivity (Wildman–Crippen MR) is 99.8 cm³/mol. The molecule has 1 aliphatic heterocycles. The Kier molecular flexibility index (Phi) is 7.48. The van der Waals surface area contributed by atoms with E-state index in [9.17, 15) is 5.11 Å². The summed E-state index contributed by atoms with van der Waals surface area (Å²) in [6.45, 7) is 11.8. The van der Waals surface area contributed by atoms with E-state index in [0.29, 0.717) is 19.6 Å². The number of β-amino-alcohol motifs (C(OH)–C–C–N with tert-alkyl or cyclic N) is 1. The standard InChI is InChI=1S/C17H30N4O2S/c1-4-18-16(19-11-15-6-5-14(2)24-15)20-12-17(3,22)13-21-7-9-23-10-8-21/h5-6,22H,4,7-13H2,1-3H3,(H2,18,19,20). The van der Waals surface area contributed by atoms with Crippen molar-refractivity contribution in [2.45, 2.75) is 32.9 Å². The average molecular weight is 355 g/mol. The summed E-state index contributed by atoms with van der Waals surface area (Å²) in [4.78, 5) is 9.39. The van der Waals surface area contributed by atoms with Crippen LogP contribution in [0.3, 0.4) is 0 Å². The maximum absolute atomic E-state index is 10.6. The monoisotopic (exact) mass is 354 g/mol. The Morgan fingerprint density at radius 3 is 2.75 bits per heavy atom. The van der Waals surface area contributed by atoms with E-state index >= 15 is 0 Å². The van der Waals surface area contributed by atoms with E-state index in [1.165, 1.54) is 9.75 Å². The third-order valence-electron chi connectivity index (χ3n) is 3.84. The summed E-state index contributed by atoms with van der Waals surface area (Å²) in [5.74, 6) is 0.741. The summed E-state index contributed by atoms with van der Waals surface area (Å²) >= 11 is 1.76. The first kappa shape index (κ1) is 19.2. The van der Waals surface area contributed by atoms with E-state index in [0.717, 1.165) is 38.8 Å². The van der Waals surface area contributed by atoms with Crippen molar-refractivity contribution >= 4 is 17.3 Å². The second kappa shape index (κ2) is 9.36. The number of aliphatic hydroxyl groups is 1. The minimum absolute atomic E-state index is 0.458. The number of nitrogens with one attached hydrogen (secondary N) is 2. The molecule has 0 radical (unpaired) electrons. The van der Waals surface area contributed by atoms with Gasteiger partial charge in [0.25, 0.3) is 0 Å². The van der Waals surface area contributed by atoms with Gasteiger partial charge in [0.05, 0.1) is 25.4 Å². The van der Waals surface area contributed by atoms with E-state index in [1.54, 1.807) is 11.3 Å². The van der Waals surface area contributed by atoms with Gasteiger partial charge in [-0.2, -0.15) is 0 Å². The van der Waals surface area contributed by atoms with Crippen LogP contribution in [-0.2, 0) is 11.3 Å². The second-order valence-electron chi connectivity index (χ2n) is 6.45. The van der Waals surface area contributed by atoms with E-state index in [1.807, 2.05) is 13.8 Å². The highest BCUT2D eigenvalue weighted by Crippen LogP contribution is 2.15. The zero-order valence-corrected chi connectivity index (χ0v) is 15.8. The number of rotatable bonds is 7. The van der Waals surface area contributed by atoms with E-state index in [4.69, 9.17) is 4.74 Å².